The van der Waals surface area contributed by atoms with E-state index in [-0.39, 0.29) is 24.2 Å². The Morgan fingerprint density at radius 3 is 2.62 bits per heavy atom. The van der Waals surface area contributed by atoms with Crippen LogP contribution in [0.4, 0.5) is 5.69 Å². The van der Waals surface area contributed by atoms with Crippen LogP contribution in [0.25, 0.3) is 0 Å². The van der Waals surface area contributed by atoms with Crippen LogP contribution in [0.3, 0.4) is 0 Å². The number of hydrogen-bond acceptors (Lipinski definition) is 4. The van der Waals surface area contributed by atoms with Gasteiger partial charge < -0.3 is 19.7 Å². The Morgan fingerprint density at radius 2 is 1.90 bits per heavy atom. The summed E-state index contributed by atoms with van der Waals surface area (Å²) in [5, 5.41) is 3.00. The van der Waals surface area contributed by atoms with Crippen LogP contribution in [-0.2, 0) is 22.4 Å². The third kappa shape index (κ3) is 4.88. The molecule has 1 fully saturated rings. The predicted molar refractivity (Wildman–Crippen MR) is 112 cm³/mol. The number of carbonyl (C=O) groups excluding carboxylic acids is 2. The number of carbonyl (C=O) groups is 2. The molecule has 3 rings (SSSR count). The lowest BCUT2D eigenvalue weighted by Gasteiger charge is -2.17. The third-order valence-electron chi connectivity index (χ3n) is 5.36. The maximum absolute atomic E-state index is 12.7. The van der Waals surface area contributed by atoms with E-state index < -0.39 is 0 Å². The Balaban J connectivity index is 1.58. The Bertz CT molecular complexity index is 881. The Morgan fingerprint density at radius 1 is 1.14 bits per heavy atom. The van der Waals surface area contributed by atoms with E-state index in [1.807, 2.05) is 42.5 Å². The van der Waals surface area contributed by atoms with Gasteiger partial charge in [0.25, 0.3) is 0 Å². The summed E-state index contributed by atoms with van der Waals surface area (Å²) in [5.41, 5.74) is 2.98. The summed E-state index contributed by atoms with van der Waals surface area (Å²) in [6, 6.07) is 13.5. The molecule has 0 spiro atoms. The monoisotopic (exact) mass is 396 g/mol. The molecular formula is C23H28N2O4. The molecule has 6 nitrogen and oxygen atoms in total. The molecule has 0 aromatic heterocycles. The lowest BCUT2D eigenvalue weighted by atomic mass is 10.1. The van der Waals surface area contributed by atoms with Gasteiger partial charge in [0.2, 0.25) is 11.8 Å². The second kappa shape index (κ2) is 9.45. The number of benzene rings is 2. The van der Waals surface area contributed by atoms with Gasteiger partial charge in [0.15, 0.2) is 11.5 Å². The van der Waals surface area contributed by atoms with Crippen molar-refractivity contribution in [2.75, 3.05) is 32.6 Å². The highest BCUT2D eigenvalue weighted by atomic mass is 16.5. The fraction of sp³-hybridized carbons (Fsp3) is 0.391. The maximum Gasteiger partial charge on any atom is 0.229 e. The van der Waals surface area contributed by atoms with Gasteiger partial charge in [-0.2, -0.15) is 0 Å². The number of para-hydroxylation sites is 1. The molecule has 29 heavy (non-hydrogen) atoms. The fourth-order valence-electron chi connectivity index (χ4n) is 3.65. The number of anilines is 1. The van der Waals surface area contributed by atoms with Crippen molar-refractivity contribution in [2.45, 2.75) is 26.2 Å². The molecule has 2 amide bonds. The lowest BCUT2D eigenvalue weighted by Crippen LogP contribution is -2.30. The van der Waals surface area contributed by atoms with Gasteiger partial charge >= 0.3 is 0 Å². The molecule has 1 N–H and O–H groups in total. The Kier molecular flexibility index (Phi) is 6.75. The smallest absolute Gasteiger partial charge is 0.229 e. The number of methoxy groups -OCH3 is 2. The first-order valence-corrected chi connectivity index (χ1v) is 9.93. The summed E-state index contributed by atoms with van der Waals surface area (Å²) in [6.07, 6.45) is 1.79. The summed E-state index contributed by atoms with van der Waals surface area (Å²) in [5.74, 6) is 0.960. The van der Waals surface area contributed by atoms with Gasteiger partial charge in [-0.05, 0) is 42.2 Å². The van der Waals surface area contributed by atoms with E-state index in [9.17, 15) is 9.59 Å². The largest absolute Gasteiger partial charge is 0.493 e. The number of hydrogen-bond donors (Lipinski definition) is 1. The number of ether oxygens (including phenoxy) is 2. The third-order valence-corrected chi connectivity index (χ3v) is 5.36. The van der Waals surface area contributed by atoms with Gasteiger partial charge in [-0.15, -0.1) is 0 Å². The van der Waals surface area contributed by atoms with Crippen LogP contribution in [0.15, 0.2) is 42.5 Å². The van der Waals surface area contributed by atoms with Gasteiger partial charge in [0, 0.05) is 25.2 Å². The Labute approximate surface area is 171 Å². The number of nitrogens with one attached hydrogen (secondary N) is 1. The second-order valence-corrected chi connectivity index (χ2v) is 7.18. The summed E-state index contributed by atoms with van der Waals surface area (Å²) in [7, 11) is 3.20. The second-order valence-electron chi connectivity index (χ2n) is 7.18. The van der Waals surface area contributed by atoms with Gasteiger partial charge in [-0.1, -0.05) is 31.2 Å². The van der Waals surface area contributed by atoms with Crippen LogP contribution in [-0.4, -0.2) is 44.0 Å². The van der Waals surface area contributed by atoms with E-state index in [0.717, 1.165) is 23.2 Å². The van der Waals surface area contributed by atoms with Crippen molar-refractivity contribution in [3.63, 3.8) is 0 Å². The summed E-state index contributed by atoms with van der Waals surface area (Å²) >= 11 is 0. The summed E-state index contributed by atoms with van der Waals surface area (Å²) in [4.78, 5) is 26.9. The molecule has 0 unspecified atom stereocenters. The first kappa shape index (κ1) is 20.7. The zero-order chi connectivity index (χ0) is 20.8. The first-order valence-electron chi connectivity index (χ1n) is 9.93. The van der Waals surface area contributed by atoms with E-state index >= 15 is 0 Å². The average Bonchev–Trinajstić information content (AvgIpc) is 3.13. The number of likely N-dealkylation sites (tertiary alicyclic amines) is 1. The van der Waals surface area contributed by atoms with E-state index in [1.165, 1.54) is 0 Å². The van der Waals surface area contributed by atoms with Crippen LogP contribution in [0, 0.1) is 5.92 Å². The average molecular weight is 396 g/mol. The highest BCUT2D eigenvalue weighted by Crippen LogP contribution is 2.28. The first-order chi connectivity index (χ1) is 14.0. The zero-order valence-corrected chi connectivity index (χ0v) is 17.2. The number of nitrogens with zero attached hydrogens (tertiary/aromatic N) is 1. The normalized spacial score (nSPS) is 16.0. The van der Waals surface area contributed by atoms with Gasteiger partial charge in [0.1, 0.15) is 0 Å². The molecule has 1 heterocycles. The molecule has 154 valence electrons. The van der Waals surface area contributed by atoms with Crippen molar-refractivity contribution >= 4 is 17.5 Å². The summed E-state index contributed by atoms with van der Waals surface area (Å²) < 4.78 is 10.6. The molecule has 0 saturated carbocycles. The summed E-state index contributed by atoms with van der Waals surface area (Å²) in [6.45, 7) is 3.08. The van der Waals surface area contributed by atoms with Crippen molar-refractivity contribution < 1.29 is 19.1 Å². The number of rotatable bonds is 8. The predicted octanol–water partition coefficient (Wildman–Crippen LogP) is 3.30. The molecule has 6 heteroatoms. The molecule has 2 aromatic rings. The minimum atomic E-state index is -0.321. The van der Waals surface area contributed by atoms with Gasteiger partial charge in [-0.25, -0.2) is 0 Å². The zero-order valence-electron chi connectivity index (χ0n) is 17.2. The standard InChI is InChI=1S/C23H28N2O4/c1-4-17-7-5-6-8-19(17)24-23(27)18-14-22(26)25(15-18)12-11-16-9-10-20(28-2)21(13-16)29-3/h5-10,13,18H,4,11-12,14-15H2,1-3H3,(H,24,27)/t18-/m1/s1. The highest BCUT2D eigenvalue weighted by Gasteiger charge is 2.34. The molecule has 0 aliphatic carbocycles. The van der Waals surface area contributed by atoms with Crippen molar-refractivity contribution in [1.29, 1.82) is 0 Å². The fourth-order valence-corrected chi connectivity index (χ4v) is 3.65. The van der Waals surface area contributed by atoms with Gasteiger partial charge in [-0.3, -0.25) is 9.59 Å². The Hall–Kier alpha value is -3.02. The van der Waals surface area contributed by atoms with Crippen LogP contribution in [0.1, 0.15) is 24.5 Å². The highest BCUT2D eigenvalue weighted by molar-refractivity contribution is 5.97. The molecule has 0 bridgehead atoms. The molecule has 0 radical (unpaired) electrons. The van der Waals surface area contributed by atoms with Crippen molar-refractivity contribution in [1.82, 2.24) is 4.90 Å². The maximum atomic E-state index is 12.7. The van der Waals surface area contributed by atoms with Crippen LogP contribution in [0.2, 0.25) is 0 Å². The van der Waals surface area contributed by atoms with E-state index in [4.69, 9.17) is 9.47 Å². The molecule has 1 saturated heterocycles. The molecule has 1 aliphatic heterocycles. The molecule has 1 aliphatic rings. The van der Waals surface area contributed by atoms with Crippen LogP contribution >= 0.6 is 0 Å². The minimum Gasteiger partial charge on any atom is -0.493 e. The molecule has 1 atom stereocenters. The molecular weight excluding hydrogens is 368 g/mol. The SMILES string of the molecule is CCc1ccccc1NC(=O)[C@@H]1CC(=O)N(CCc2ccc(OC)c(OC)c2)C1. The van der Waals surface area contributed by atoms with Crippen molar-refractivity contribution in [2.24, 2.45) is 5.92 Å². The van der Waals surface area contributed by atoms with Crippen LogP contribution in [0.5, 0.6) is 11.5 Å². The topological polar surface area (TPSA) is 67.9 Å². The van der Waals surface area contributed by atoms with E-state index in [1.54, 1.807) is 19.1 Å². The van der Waals surface area contributed by atoms with Crippen molar-refractivity contribution in [3.8, 4) is 11.5 Å². The number of aryl methyl sites for hydroxylation is 1. The number of amides is 2. The van der Waals surface area contributed by atoms with Crippen molar-refractivity contribution in [3.05, 3.63) is 53.6 Å². The molecule has 2 aromatic carbocycles. The van der Waals surface area contributed by atoms with E-state index in [2.05, 4.69) is 12.2 Å². The minimum absolute atomic E-state index is 0.0226. The van der Waals surface area contributed by atoms with Gasteiger partial charge in [0.05, 0.1) is 20.1 Å². The van der Waals surface area contributed by atoms with Crippen LogP contribution < -0.4 is 14.8 Å². The quantitative estimate of drug-likeness (QED) is 0.743. The van der Waals surface area contributed by atoms with E-state index in [0.29, 0.717) is 31.0 Å². The lowest BCUT2D eigenvalue weighted by molar-refractivity contribution is -0.128.